The monoisotopic (exact) mass is 276 g/mol. The number of hydrogen-bond acceptors (Lipinski definition) is 1. The van der Waals surface area contributed by atoms with Gasteiger partial charge >= 0.3 is 6.18 Å². The number of halogens is 4. The summed E-state index contributed by atoms with van der Waals surface area (Å²) >= 11 is 2.96. The van der Waals surface area contributed by atoms with Gasteiger partial charge in [0.15, 0.2) is 5.78 Å². The fraction of sp³-hybridized carbons (Fsp3) is 0.100. The van der Waals surface area contributed by atoms with Crippen molar-refractivity contribution < 1.29 is 18.0 Å². The number of rotatable bonds is 0. The van der Waals surface area contributed by atoms with Gasteiger partial charge in [0.25, 0.3) is 0 Å². The highest BCUT2D eigenvalue weighted by Crippen LogP contribution is 2.38. The number of carbonyl (C=O) groups excluding carboxylic acids is 1. The molecule has 0 fully saturated rings. The average Bonchev–Trinajstić information content (AvgIpc) is 2.45. The van der Waals surface area contributed by atoms with Gasteiger partial charge < -0.3 is 0 Å². The summed E-state index contributed by atoms with van der Waals surface area (Å²) in [7, 11) is 0. The topological polar surface area (TPSA) is 17.1 Å². The first-order chi connectivity index (χ1) is 6.89. The molecular weight excluding hydrogens is 273 g/mol. The number of benzene rings is 1. The van der Waals surface area contributed by atoms with Crippen molar-refractivity contribution in [1.29, 1.82) is 0 Å². The maximum absolute atomic E-state index is 12.6. The van der Waals surface area contributed by atoms with Gasteiger partial charge in [0.05, 0.1) is 5.56 Å². The Bertz CT molecular complexity index is 474. The van der Waals surface area contributed by atoms with E-state index in [2.05, 4.69) is 15.9 Å². The van der Waals surface area contributed by atoms with E-state index < -0.39 is 17.5 Å². The van der Waals surface area contributed by atoms with Crippen LogP contribution >= 0.6 is 15.9 Å². The van der Waals surface area contributed by atoms with Crippen molar-refractivity contribution in [1.82, 2.24) is 0 Å². The quantitative estimate of drug-likeness (QED) is 0.707. The molecule has 0 atom stereocenters. The molecule has 0 aliphatic heterocycles. The largest absolute Gasteiger partial charge is 0.417 e. The summed E-state index contributed by atoms with van der Waals surface area (Å²) < 4.78 is 38.0. The zero-order valence-electron chi connectivity index (χ0n) is 7.23. The molecule has 0 radical (unpaired) electrons. The fourth-order valence-corrected chi connectivity index (χ4v) is 1.94. The smallest absolute Gasteiger partial charge is 0.289 e. The second-order valence-electron chi connectivity index (χ2n) is 3.11. The molecule has 0 unspecified atom stereocenters. The Morgan fingerprint density at radius 2 is 1.80 bits per heavy atom. The second kappa shape index (κ2) is 3.20. The van der Waals surface area contributed by atoms with Gasteiger partial charge in [-0.05, 0) is 29.8 Å². The van der Waals surface area contributed by atoms with Crippen LogP contribution in [0.5, 0.6) is 0 Å². The van der Waals surface area contributed by atoms with Crippen LogP contribution in [-0.2, 0) is 6.18 Å². The van der Waals surface area contributed by atoms with E-state index in [0.29, 0.717) is 0 Å². The van der Waals surface area contributed by atoms with Crippen LogP contribution in [-0.4, -0.2) is 5.78 Å². The molecule has 0 amide bonds. The minimum Gasteiger partial charge on any atom is -0.289 e. The highest BCUT2D eigenvalue weighted by atomic mass is 79.9. The average molecular weight is 277 g/mol. The van der Waals surface area contributed by atoms with Crippen molar-refractivity contribution in [2.75, 3.05) is 0 Å². The lowest BCUT2D eigenvalue weighted by Gasteiger charge is -2.11. The van der Waals surface area contributed by atoms with E-state index in [9.17, 15) is 18.0 Å². The van der Waals surface area contributed by atoms with Crippen LogP contribution < -0.4 is 0 Å². The molecule has 1 aromatic carbocycles. The number of hydrogen-bond donors (Lipinski definition) is 0. The maximum atomic E-state index is 12.6. The van der Waals surface area contributed by atoms with Gasteiger partial charge in [-0.15, -0.1) is 0 Å². The van der Waals surface area contributed by atoms with E-state index >= 15 is 0 Å². The van der Waals surface area contributed by atoms with Gasteiger partial charge in [-0.1, -0.05) is 15.9 Å². The Hall–Kier alpha value is -1.10. The third kappa shape index (κ3) is 1.71. The molecule has 5 heteroatoms. The van der Waals surface area contributed by atoms with Gasteiger partial charge in [-0.2, -0.15) is 13.2 Å². The molecule has 0 N–H and O–H groups in total. The number of fused-ring (bicyclic) bond motifs is 1. The molecule has 0 aromatic heterocycles. The summed E-state index contributed by atoms with van der Waals surface area (Å²) in [6.07, 6.45) is -2.10. The third-order valence-electron chi connectivity index (χ3n) is 2.12. The minimum atomic E-state index is -4.44. The van der Waals surface area contributed by atoms with Gasteiger partial charge in [-0.3, -0.25) is 4.79 Å². The normalized spacial score (nSPS) is 14.5. The lowest BCUT2D eigenvalue weighted by Crippen LogP contribution is -2.09. The Labute approximate surface area is 91.7 Å². The van der Waals surface area contributed by atoms with E-state index in [0.717, 1.165) is 12.1 Å². The molecule has 1 aliphatic rings. The molecule has 1 aliphatic carbocycles. The van der Waals surface area contributed by atoms with Crippen molar-refractivity contribution in [3.05, 3.63) is 39.4 Å². The predicted molar refractivity (Wildman–Crippen MR) is 52.5 cm³/mol. The summed E-state index contributed by atoms with van der Waals surface area (Å²) in [5.41, 5.74) is -0.735. The van der Waals surface area contributed by atoms with Crippen molar-refractivity contribution in [3.8, 4) is 0 Å². The molecule has 1 nitrogen and oxygen atoms in total. The number of carbonyl (C=O) groups is 1. The summed E-state index contributed by atoms with van der Waals surface area (Å²) in [6.45, 7) is 0. The standard InChI is InChI=1S/C10H4BrF3O/c11-5-3-7-6(1-2-9(7)15)8(4-5)10(12,13)14/h1-4H. The van der Waals surface area contributed by atoms with E-state index in [4.69, 9.17) is 0 Å². The van der Waals surface area contributed by atoms with E-state index in [1.165, 1.54) is 12.1 Å². The molecule has 0 spiro atoms. The first kappa shape index (κ1) is 10.4. The number of alkyl halides is 3. The van der Waals surface area contributed by atoms with Crippen LogP contribution in [0.4, 0.5) is 13.2 Å². The Morgan fingerprint density at radius 3 is 2.40 bits per heavy atom. The molecule has 1 aromatic rings. The zero-order chi connectivity index (χ0) is 11.2. The molecular formula is C10H4BrF3O. The van der Waals surface area contributed by atoms with Crippen molar-refractivity contribution in [2.45, 2.75) is 6.18 Å². The maximum Gasteiger partial charge on any atom is 0.417 e. The first-order valence-corrected chi connectivity index (χ1v) is 4.82. The van der Waals surface area contributed by atoms with Gasteiger partial charge in [0.1, 0.15) is 0 Å². The molecule has 2 rings (SSSR count). The first-order valence-electron chi connectivity index (χ1n) is 4.03. The van der Waals surface area contributed by atoms with Crippen LogP contribution in [0.15, 0.2) is 22.7 Å². The predicted octanol–water partition coefficient (Wildman–Crippen LogP) is 3.68. The van der Waals surface area contributed by atoms with Gasteiger partial charge in [0, 0.05) is 10.0 Å². The zero-order valence-corrected chi connectivity index (χ0v) is 8.82. The van der Waals surface area contributed by atoms with Crippen LogP contribution in [0.25, 0.3) is 6.08 Å². The molecule has 78 valence electrons. The molecule has 0 heterocycles. The van der Waals surface area contributed by atoms with E-state index in [-0.39, 0.29) is 15.6 Å². The van der Waals surface area contributed by atoms with Crippen LogP contribution in [0.2, 0.25) is 0 Å². The van der Waals surface area contributed by atoms with Crippen LogP contribution in [0.3, 0.4) is 0 Å². The molecule has 15 heavy (non-hydrogen) atoms. The minimum absolute atomic E-state index is 0.0456. The van der Waals surface area contributed by atoms with Crippen LogP contribution in [0.1, 0.15) is 21.5 Å². The molecule has 0 saturated carbocycles. The van der Waals surface area contributed by atoms with Crippen molar-refractivity contribution in [2.24, 2.45) is 0 Å². The second-order valence-corrected chi connectivity index (χ2v) is 4.03. The Kier molecular flexibility index (Phi) is 2.22. The summed E-state index contributed by atoms with van der Waals surface area (Å²) in [5, 5.41) is 0. The van der Waals surface area contributed by atoms with Crippen LogP contribution in [0, 0.1) is 0 Å². The lowest BCUT2D eigenvalue weighted by molar-refractivity contribution is -0.137. The summed E-state index contributed by atoms with van der Waals surface area (Å²) in [6, 6.07) is 2.37. The molecule has 0 bridgehead atoms. The van der Waals surface area contributed by atoms with E-state index in [1.54, 1.807) is 0 Å². The third-order valence-corrected chi connectivity index (χ3v) is 2.57. The summed E-state index contributed by atoms with van der Waals surface area (Å²) in [5.74, 6) is -0.392. The van der Waals surface area contributed by atoms with Crippen molar-refractivity contribution >= 4 is 27.8 Å². The Morgan fingerprint density at radius 1 is 1.13 bits per heavy atom. The molecule has 0 saturated heterocycles. The van der Waals surface area contributed by atoms with Gasteiger partial charge in [0.2, 0.25) is 0 Å². The summed E-state index contributed by atoms with van der Waals surface area (Å²) in [4.78, 5) is 11.2. The van der Waals surface area contributed by atoms with E-state index in [1.807, 2.05) is 0 Å². The number of ketones is 1. The van der Waals surface area contributed by atoms with Crippen molar-refractivity contribution in [3.63, 3.8) is 0 Å². The highest BCUT2D eigenvalue weighted by molar-refractivity contribution is 9.10. The SMILES string of the molecule is O=C1C=Cc2c1cc(Br)cc2C(F)(F)F. The highest BCUT2D eigenvalue weighted by Gasteiger charge is 2.35. The lowest BCUT2D eigenvalue weighted by atomic mass is 10.0. The number of allylic oxidation sites excluding steroid dienone is 1. The van der Waals surface area contributed by atoms with Gasteiger partial charge in [-0.25, -0.2) is 0 Å². The Balaban J connectivity index is 2.72. The fourth-order valence-electron chi connectivity index (χ4n) is 1.48.